The van der Waals surface area contributed by atoms with Gasteiger partial charge in [0.2, 0.25) is 5.75 Å². The molecule has 2 aromatic carbocycles. The molecule has 0 atom stereocenters. The van der Waals surface area contributed by atoms with Crippen LogP contribution in [0.15, 0.2) is 41.4 Å². The van der Waals surface area contributed by atoms with E-state index in [9.17, 15) is 0 Å². The molecule has 2 aromatic rings. The SMILES string of the molecule is CCOc1c(OC)cc(CNC(=NC)NCc2cccc(C)c2)cc1OC.I. The molecule has 0 spiro atoms. The van der Waals surface area contributed by atoms with E-state index in [1.165, 1.54) is 11.1 Å². The molecule has 0 radical (unpaired) electrons. The van der Waals surface area contributed by atoms with Gasteiger partial charge in [0.15, 0.2) is 17.5 Å². The van der Waals surface area contributed by atoms with Crippen molar-refractivity contribution >= 4 is 29.9 Å². The first-order valence-corrected chi connectivity index (χ1v) is 8.99. The number of nitrogens with one attached hydrogen (secondary N) is 2. The van der Waals surface area contributed by atoms with Crippen LogP contribution >= 0.6 is 24.0 Å². The average molecular weight is 499 g/mol. The molecule has 2 rings (SSSR count). The highest BCUT2D eigenvalue weighted by atomic mass is 127. The molecule has 154 valence electrons. The van der Waals surface area contributed by atoms with Gasteiger partial charge in [-0.05, 0) is 37.1 Å². The minimum absolute atomic E-state index is 0. The van der Waals surface area contributed by atoms with E-state index in [1.807, 2.05) is 19.1 Å². The summed E-state index contributed by atoms with van der Waals surface area (Å²) in [6, 6.07) is 12.3. The summed E-state index contributed by atoms with van der Waals surface area (Å²) >= 11 is 0. The van der Waals surface area contributed by atoms with E-state index in [4.69, 9.17) is 14.2 Å². The monoisotopic (exact) mass is 499 g/mol. The largest absolute Gasteiger partial charge is 0.493 e. The molecule has 7 heteroatoms. The lowest BCUT2D eigenvalue weighted by Gasteiger charge is -2.16. The number of aryl methyl sites for hydroxylation is 1. The third-order valence-electron chi connectivity index (χ3n) is 4.04. The minimum Gasteiger partial charge on any atom is -0.493 e. The van der Waals surface area contributed by atoms with E-state index in [2.05, 4.69) is 46.8 Å². The quantitative estimate of drug-likeness (QED) is 0.328. The second-order valence-corrected chi connectivity index (χ2v) is 6.03. The summed E-state index contributed by atoms with van der Waals surface area (Å²) in [5.41, 5.74) is 3.46. The zero-order valence-electron chi connectivity index (χ0n) is 17.2. The molecule has 0 aliphatic carbocycles. The van der Waals surface area contributed by atoms with Crippen molar-refractivity contribution < 1.29 is 14.2 Å². The Balaban J connectivity index is 0.00000392. The fourth-order valence-electron chi connectivity index (χ4n) is 2.74. The van der Waals surface area contributed by atoms with Crippen LogP contribution in [0.2, 0.25) is 0 Å². The van der Waals surface area contributed by atoms with Gasteiger partial charge in [0.1, 0.15) is 0 Å². The third-order valence-corrected chi connectivity index (χ3v) is 4.04. The van der Waals surface area contributed by atoms with Crippen LogP contribution in [0.25, 0.3) is 0 Å². The fraction of sp³-hybridized carbons (Fsp3) is 0.381. The Hall–Kier alpha value is -2.16. The van der Waals surface area contributed by atoms with Crippen LogP contribution in [-0.4, -0.2) is 33.8 Å². The van der Waals surface area contributed by atoms with Crippen LogP contribution in [0.5, 0.6) is 17.2 Å². The molecule has 0 heterocycles. The number of aliphatic imine (C=N–C) groups is 1. The summed E-state index contributed by atoms with van der Waals surface area (Å²) in [6.07, 6.45) is 0. The fourth-order valence-corrected chi connectivity index (χ4v) is 2.74. The lowest BCUT2D eigenvalue weighted by Crippen LogP contribution is -2.36. The summed E-state index contributed by atoms with van der Waals surface area (Å²) < 4.78 is 16.5. The number of hydrogen-bond acceptors (Lipinski definition) is 4. The van der Waals surface area contributed by atoms with Gasteiger partial charge in [0, 0.05) is 20.1 Å². The number of ether oxygens (including phenoxy) is 3. The average Bonchev–Trinajstić information content (AvgIpc) is 2.68. The lowest BCUT2D eigenvalue weighted by molar-refractivity contribution is 0.288. The van der Waals surface area contributed by atoms with Crippen molar-refractivity contribution in [3.8, 4) is 17.2 Å². The Kier molecular flexibility index (Phi) is 10.5. The molecule has 0 aliphatic heterocycles. The predicted molar refractivity (Wildman–Crippen MR) is 124 cm³/mol. The van der Waals surface area contributed by atoms with Gasteiger partial charge in [-0.25, -0.2) is 0 Å². The van der Waals surface area contributed by atoms with Gasteiger partial charge in [0.05, 0.1) is 20.8 Å². The normalized spacial score (nSPS) is 10.7. The van der Waals surface area contributed by atoms with Crippen LogP contribution in [-0.2, 0) is 13.1 Å². The van der Waals surface area contributed by atoms with E-state index >= 15 is 0 Å². The first-order valence-electron chi connectivity index (χ1n) is 8.99. The molecule has 28 heavy (non-hydrogen) atoms. The van der Waals surface area contributed by atoms with E-state index in [0.717, 1.165) is 11.5 Å². The lowest BCUT2D eigenvalue weighted by atomic mass is 10.1. The van der Waals surface area contributed by atoms with Crippen molar-refractivity contribution in [2.45, 2.75) is 26.9 Å². The van der Waals surface area contributed by atoms with Crippen molar-refractivity contribution in [1.29, 1.82) is 0 Å². The maximum atomic E-state index is 5.64. The van der Waals surface area contributed by atoms with Gasteiger partial charge in [-0.2, -0.15) is 0 Å². The Morgan fingerprint density at radius 3 is 2.07 bits per heavy atom. The van der Waals surface area contributed by atoms with E-state index in [1.54, 1.807) is 21.3 Å². The number of halogens is 1. The maximum Gasteiger partial charge on any atom is 0.203 e. The van der Waals surface area contributed by atoms with Gasteiger partial charge in [0.25, 0.3) is 0 Å². The molecular formula is C21H30IN3O3. The summed E-state index contributed by atoms with van der Waals surface area (Å²) in [4.78, 5) is 4.28. The Morgan fingerprint density at radius 1 is 0.964 bits per heavy atom. The first kappa shape index (κ1) is 23.9. The highest BCUT2D eigenvalue weighted by Crippen LogP contribution is 2.38. The smallest absolute Gasteiger partial charge is 0.203 e. The molecule has 0 aliphatic rings. The van der Waals surface area contributed by atoms with Gasteiger partial charge >= 0.3 is 0 Å². The highest BCUT2D eigenvalue weighted by Gasteiger charge is 2.14. The van der Waals surface area contributed by atoms with Gasteiger partial charge < -0.3 is 24.8 Å². The number of benzene rings is 2. The van der Waals surface area contributed by atoms with Crippen LogP contribution in [0.4, 0.5) is 0 Å². The molecule has 0 fully saturated rings. The topological polar surface area (TPSA) is 64.1 Å². The number of hydrogen-bond donors (Lipinski definition) is 2. The summed E-state index contributed by atoms with van der Waals surface area (Å²) in [5.74, 6) is 2.64. The molecule has 0 saturated carbocycles. The zero-order valence-corrected chi connectivity index (χ0v) is 19.5. The second kappa shape index (κ2) is 12.3. The molecule has 0 aromatic heterocycles. The Labute approximate surface area is 184 Å². The molecule has 0 bridgehead atoms. The zero-order chi connectivity index (χ0) is 19.6. The molecule has 0 unspecified atom stereocenters. The highest BCUT2D eigenvalue weighted by molar-refractivity contribution is 14.0. The molecule has 0 saturated heterocycles. The van der Waals surface area contributed by atoms with E-state index in [0.29, 0.717) is 36.9 Å². The standard InChI is InChI=1S/C21H29N3O3.HI/c1-6-27-20-18(25-4)11-17(12-19(20)26-5)14-24-21(22-3)23-13-16-9-7-8-15(2)10-16;/h7-12H,6,13-14H2,1-5H3,(H2,22,23,24);1H. The first-order chi connectivity index (χ1) is 13.1. The van der Waals surface area contributed by atoms with Crippen molar-refractivity contribution in [2.75, 3.05) is 27.9 Å². The summed E-state index contributed by atoms with van der Waals surface area (Å²) in [7, 11) is 5.00. The van der Waals surface area contributed by atoms with Crippen LogP contribution in [0, 0.1) is 6.92 Å². The molecular weight excluding hydrogens is 469 g/mol. The van der Waals surface area contributed by atoms with Crippen LogP contribution < -0.4 is 24.8 Å². The third kappa shape index (κ3) is 6.78. The van der Waals surface area contributed by atoms with Gasteiger partial charge in [-0.3, -0.25) is 4.99 Å². The van der Waals surface area contributed by atoms with Gasteiger partial charge in [-0.15, -0.1) is 24.0 Å². The molecule has 0 amide bonds. The molecule has 6 nitrogen and oxygen atoms in total. The van der Waals surface area contributed by atoms with Crippen molar-refractivity contribution in [1.82, 2.24) is 10.6 Å². The second-order valence-electron chi connectivity index (χ2n) is 6.03. The summed E-state index contributed by atoms with van der Waals surface area (Å²) in [6.45, 7) is 5.84. The number of guanidine groups is 1. The number of nitrogens with zero attached hydrogens (tertiary/aromatic N) is 1. The summed E-state index contributed by atoms with van der Waals surface area (Å²) in [5, 5.41) is 6.64. The number of rotatable bonds is 8. The van der Waals surface area contributed by atoms with Crippen molar-refractivity contribution in [3.05, 3.63) is 53.1 Å². The predicted octanol–water partition coefficient (Wildman–Crippen LogP) is 3.89. The maximum absolute atomic E-state index is 5.64. The van der Waals surface area contributed by atoms with Crippen molar-refractivity contribution in [3.63, 3.8) is 0 Å². The Bertz CT molecular complexity index is 756. The van der Waals surface area contributed by atoms with Gasteiger partial charge in [-0.1, -0.05) is 29.8 Å². The number of methoxy groups -OCH3 is 2. The van der Waals surface area contributed by atoms with Crippen LogP contribution in [0.1, 0.15) is 23.6 Å². The van der Waals surface area contributed by atoms with E-state index in [-0.39, 0.29) is 24.0 Å². The van der Waals surface area contributed by atoms with Crippen LogP contribution in [0.3, 0.4) is 0 Å². The molecule has 2 N–H and O–H groups in total. The Morgan fingerprint density at radius 2 is 1.57 bits per heavy atom. The van der Waals surface area contributed by atoms with Crippen molar-refractivity contribution in [2.24, 2.45) is 4.99 Å². The minimum atomic E-state index is 0. The van der Waals surface area contributed by atoms with E-state index < -0.39 is 0 Å².